The van der Waals surface area contributed by atoms with Gasteiger partial charge in [-0.1, -0.05) is 43.2 Å². The molecule has 1 heterocycles. The van der Waals surface area contributed by atoms with Gasteiger partial charge in [0.05, 0.1) is 19.1 Å². The molecule has 1 aromatic rings. The molecule has 4 heteroatoms. The summed E-state index contributed by atoms with van der Waals surface area (Å²) in [5.74, 6) is 0.151. The van der Waals surface area contributed by atoms with Crippen LogP contribution in [0.5, 0.6) is 0 Å². The van der Waals surface area contributed by atoms with Crippen molar-refractivity contribution in [1.82, 2.24) is 10.2 Å². The molecule has 22 heavy (non-hydrogen) atoms. The van der Waals surface area contributed by atoms with E-state index < -0.39 is 0 Å². The van der Waals surface area contributed by atoms with Crippen LogP contribution in [-0.4, -0.2) is 42.6 Å². The second-order valence-electron chi connectivity index (χ2n) is 6.47. The first-order chi connectivity index (χ1) is 10.8. The molecule has 1 saturated carbocycles. The van der Waals surface area contributed by atoms with Crippen LogP contribution in [0.4, 0.5) is 0 Å². The Bertz CT molecular complexity index is 471. The molecule has 0 bridgehead atoms. The Kier molecular flexibility index (Phi) is 5.46. The highest BCUT2D eigenvalue weighted by Crippen LogP contribution is 2.18. The third-order valence-corrected chi connectivity index (χ3v) is 4.61. The van der Waals surface area contributed by atoms with Crippen molar-refractivity contribution in [1.29, 1.82) is 0 Å². The average Bonchev–Trinajstić information content (AvgIpc) is 3.01. The maximum atomic E-state index is 12.1. The molecule has 0 unspecified atom stereocenters. The van der Waals surface area contributed by atoms with Crippen molar-refractivity contribution in [3.8, 4) is 0 Å². The molecule has 3 rings (SSSR count). The van der Waals surface area contributed by atoms with Crippen LogP contribution in [0.25, 0.3) is 0 Å². The van der Waals surface area contributed by atoms with Crippen LogP contribution in [0.1, 0.15) is 37.7 Å². The predicted octanol–water partition coefficient (Wildman–Crippen LogP) is 2.34. The zero-order valence-electron chi connectivity index (χ0n) is 13.2. The molecular formula is C18H26N2O2. The average molecular weight is 302 g/mol. The number of carbonyl (C=O) groups is 1. The maximum absolute atomic E-state index is 12.1. The molecule has 0 radical (unpaired) electrons. The maximum Gasteiger partial charge on any atom is 0.222 e. The fourth-order valence-corrected chi connectivity index (χ4v) is 3.45. The van der Waals surface area contributed by atoms with Crippen LogP contribution in [-0.2, 0) is 16.1 Å². The van der Waals surface area contributed by atoms with E-state index in [9.17, 15) is 4.79 Å². The van der Waals surface area contributed by atoms with E-state index in [4.69, 9.17) is 4.74 Å². The molecule has 4 nitrogen and oxygen atoms in total. The number of hydrogen-bond acceptors (Lipinski definition) is 3. The summed E-state index contributed by atoms with van der Waals surface area (Å²) in [6.45, 7) is 3.43. The van der Waals surface area contributed by atoms with E-state index in [2.05, 4.69) is 34.5 Å². The van der Waals surface area contributed by atoms with Gasteiger partial charge in [0.2, 0.25) is 5.91 Å². The summed E-state index contributed by atoms with van der Waals surface area (Å²) in [6, 6.07) is 10.9. The Morgan fingerprint density at radius 3 is 2.77 bits per heavy atom. The van der Waals surface area contributed by atoms with Gasteiger partial charge in [-0.25, -0.2) is 0 Å². The Morgan fingerprint density at radius 2 is 2.00 bits per heavy atom. The van der Waals surface area contributed by atoms with Crippen LogP contribution < -0.4 is 5.32 Å². The third kappa shape index (κ3) is 4.55. The van der Waals surface area contributed by atoms with E-state index in [0.29, 0.717) is 19.1 Å². The summed E-state index contributed by atoms with van der Waals surface area (Å²) in [5.41, 5.74) is 1.32. The second kappa shape index (κ2) is 7.75. The van der Waals surface area contributed by atoms with Gasteiger partial charge in [-0.05, 0) is 18.4 Å². The second-order valence-corrected chi connectivity index (χ2v) is 6.47. The highest BCUT2D eigenvalue weighted by molar-refractivity contribution is 5.76. The largest absolute Gasteiger partial charge is 0.375 e. The molecule has 2 aliphatic rings. The summed E-state index contributed by atoms with van der Waals surface area (Å²) in [6.07, 6.45) is 5.28. The molecule has 1 saturated heterocycles. The number of morpholine rings is 1. The standard InChI is InChI=1S/C18H26N2O2/c21-18(19-16-8-4-5-9-16)12-17-14-20(10-11-22-17)13-15-6-2-1-3-7-15/h1-3,6-7,16-17H,4-5,8-14H2,(H,19,21)/t17-/m0/s1. The summed E-state index contributed by atoms with van der Waals surface area (Å²) < 4.78 is 5.78. The molecule has 0 spiro atoms. The van der Waals surface area contributed by atoms with E-state index >= 15 is 0 Å². The summed E-state index contributed by atoms with van der Waals surface area (Å²) in [7, 11) is 0. The van der Waals surface area contributed by atoms with Crippen molar-refractivity contribution in [3.05, 3.63) is 35.9 Å². The lowest BCUT2D eigenvalue weighted by Crippen LogP contribution is -2.45. The van der Waals surface area contributed by atoms with Gasteiger partial charge in [-0.15, -0.1) is 0 Å². The van der Waals surface area contributed by atoms with Crippen molar-refractivity contribution in [2.45, 2.75) is 50.8 Å². The lowest BCUT2D eigenvalue weighted by molar-refractivity contribution is -0.126. The Balaban J connectivity index is 1.44. The van der Waals surface area contributed by atoms with E-state index in [1.165, 1.54) is 18.4 Å². The smallest absolute Gasteiger partial charge is 0.222 e. The quantitative estimate of drug-likeness (QED) is 0.907. The van der Waals surface area contributed by atoms with E-state index in [1.54, 1.807) is 0 Å². The van der Waals surface area contributed by atoms with Crippen LogP contribution in [0, 0.1) is 0 Å². The minimum Gasteiger partial charge on any atom is -0.375 e. The van der Waals surface area contributed by atoms with Crippen molar-refractivity contribution < 1.29 is 9.53 Å². The topological polar surface area (TPSA) is 41.6 Å². The Morgan fingerprint density at radius 1 is 1.23 bits per heavy atom. The van der Waals surface area contributed by atoms with Gasteiger partial charge in [0.25, 0.3) is 0 Å². The fraction of sp³-hybridized carbons (Fsp3) is 0.611. The molecule has 1 aromatic carbocycles. The minimum absolute atomic E-state index is 0.0267. The first-order valence-electron chi connectivity index (χ1n) is 8.47. The SMILES string of the molecule is O=C(C[C@H]1CN(Cc2ccccc2)CCO1)NC1CCCC1. The highest BCUT2D eigenvalue weighted by Gasteiger charge is 2.24. The molecule has 1 atom stereocenters. The monoisotopic (exact) mass is 302 g/mol. The lowest BCUT2D eigenvalue weighted by atomic mass is 10.1. The predicted molar refractivity (Wildman–Crippen MR) is 86.5 cm³/mol. The third-order valence-electron chi connectivity index (χ3n) is 4.61. The lowest BCUT2D eigenvalue weighted by Gasteiger charge is -2.32. The van der Waals surface area contributed by atoms with Gasteiger partial charge in [-0.2, -0.15) is 0 Å². The summed E-state index contributed by atoms with van der Waals surface area (Å²) >= 11 is 0. The van der Waals surface area contributed by atoms with Crippen molar-refractivity contribution in [2.24, 2.45) is 0 Å². The van der Waals surface area contributed by atoms with Gasteiger partial charge in [0.15, 0.2) is 0 Å². The van der Waals surface area contributed by atoms with Gasteiger partial charge in [0.1, 0.15) is 0 Å². The van der Waals surface area contributed by atoms with Crippen molar-refractivity contribution >= 4 is 5.91 Å². The fourth-order valence-electron chi connectivity index (χ4n) is 3.45. The van der Waals surface area contributed by atoms with Gasteiger partial charge in [-0.3, -0.25) is 9.69 Å². The first-order valence-corrected chi connectivity index (χ1v) is 8.47. The number of ether oxygens (including phenoxy) is 1. The number of benzene rings is 1. The van der Waals surface area contributed by atoms with Crippen molar-refractivity contribution in [2.75, 3.05) is 19.7 Å². The number of amides is 1. The zero-order valence-corrected chi connectivity index (χ0v) is 13.2. The zero-order chi connectivity index (χ0) is 15.2. The Hall–Kier alpha value is -1.39. The molecule has 0 aromatic heterocycles. The number of nitrogens with one attached hydrogen (secondary N) is 1. The number of rotatable bonds is 5. The molecule has 2 fully saturated rings. The molecular weight excluding hydrogens is 276 g/mol. The molecule has 1 aliphatic heterocycles. The molecule has 1 amide bonds. The van der Waals surface area contributed by atoms with Gasteiger partial charge < -0.3 is 10.1 Å². The molecule has 120 valence electrons. The number of hydrogen-bond donors (Lipinski definition) is 1. The van der Waals surface area contributed by atoms with Crippen LogP contribution in [0.2, 0.25) is 0 Å². The van der Waals surface area contributed by atoms with Crippen LogP contribution in [0.15, 0.2) is 30.3 Å². The molecule has 1 N–H and O–H groups in total. The summed E-state index contributed by atoms with van der Waals surface area (Å²) in [4.78, 5) is 14.5. The molecule has 1 aliphatic carbocycles. The Labute approximate surface area is 132 Å². The minimum atomic E-state index is 0.0267. The van der Waals surface area contributed by atoms with Gasteiger partial charge in [0, 0.05) is 25.7 Å². The first kappa shape index (κ1) is 15.5. The van der Waals surface area contributed by atoms with E-state index in [1.807, 2.05) is 6.07 Å². The van der Waals surface area contributed by atoms with E-state index in [0.717, 1.165) is 32.5 Å². The van der Waals surface area contributed by atoms with E-state index in [-0.39, 0.29) is 12.0 Å². The van der Waals surface area contributed by atoms with Crippen LogP contribution >= 0.6 is 0 Å². The summed E-state index contributed by atoms with van der Waals surface area (Å²) in [5, 5.41) is 3.15. The van der Waals surface area contributed by atoms with Gasteiger partial charge >= 0.3 is 0 Å². The number of carbonyl (C=O) groups excluding carboxylic acids is 1. The van der Waals surface area contributed by atoms with Crippen molar-refractivity contribution in [3.63, 3.8) is 0 Å². The normalized spacial score (nSPS) is 23.5. The van der Waals surface area contributed by atoms with Crippen LogP contribution in [0.3, 0.4) is 0 Å². The highest BCUT2D eigenvalue weighted by atomic mass is 16.5. The number of nitrogens with zero attached hydrogens (tertiary/aromatic N) is 1.